The average molecular weight is 301 g/mol. The molecule has 0 saturated carbocycles. The Bertz CT molecular complexity index is 653. The molecule has 3 heteroatoms. The molecule has 2 rings (SSSR count). The Kier molecular flexibility index (Phi) is 4.81. The molecule has 108 valence electrons. The van der Waals surface area contributed by atoms with E-state index >= 15 is 0 Å². The van der Waals surface area contributed by atoms with E-state index < -0.39 is 5.97 Å². The molecule has 1 N–H and O–H groups in total. The van der Waals surface area contributed by atoms with Crippen molar-refractivity contribution in [3.8, 4) is 0 Å². The quantitative estimate of drug-likeness (QED) is 0.631. The summed E-state index contributed by atoms with van der Waals surface area (Å²) >= 11 is 5.84. The van der Waals surface area contributed by atoms with Crippen molar-refractivity contribution in [1.29, 1.82) is 0 Å². The van der Waals surface area contributed by atoms with E-state index in [-0.39, 0.29) is 5.57 Å². The average Bonchev–Trinajstić information content (AvgIpc) is 2.46. The Hall–Kier alpha value is -2.06. The number of aliphatic carboxylic acids is 1. The molecule has 0 bridgehead atoms. The Morgan fingerprint density at radius 3 is 2.10 bits per heavy atom. The summed E-state index contributed by atoms with van der Waals surface area (Å²) in [6, 6.07) is 14.7. The summed E-state index contributed by atoms with van der Waals surface area (Å²) < 4.78 is 0. The van der Waals surface area contributed by atoms with Crippen molar-refractivity contribution in [2.75, 3.05) is 0 Å². The highest BCUT2D eigenvalue weighted by Crippen LogP contribution is 2.22. The molecule has 0 aliphatic carbocycles. The summed E-state index contributed by atoms with van der Waals surface area (Å²) in [4.78, 5) is 11.5. The number of halogens is 1. The van der Waals surface area contributed by atoms with Crippen LogP contribution in [0.25, 0.3) is 11.6 Å². The summed E-state index contributed by atoms with van der Waals surface area (Å²) in [6.45, 7) is 4.25. The second kappa shape index (κ2) is 6.59. The van der Waals surface area contributed by atoms with E-state index in [9.17, 15) is 9.90 Å². The van der Waals surface area contributed by atoms with Gasteiger partial charge in [0.05, 0.1) is 5.57 Å². The molecule has 0 radical (unpaired) electrons. The lowest BCUT2D eigenvalue weighted by Crippen LogP contribution is -1.99. The third-order valence-electron chi connectivity index (χ3n) is 3.30. The monoisotopic (exact) mass is 300 g/mol. The molecular weight excluding hydrogens is 284 g/mol. The number of carboxylic acid groups (broad SMARTS) is 1. The van der Waals surface area contributed by atoms with Crippen molar-refractivity contribution in [2.45, 2.75) is 19.8 Å². The molecule has 0 spiro atoms. The third kappa shape index (κ3) is 3.96. The molecule has 0 aliphatic rings. The Morgan fingerprint density at radius 1 is 1.05 bits per heavy atom. The maximum absolute atomic E-state index is 11.5. The summed E-state index contributed by atoms with van der Waals surface area (Å²) in [6.07, 6.45) is 1.68. The minimum Gasteiger partial charge on any atom is -0.478 e. The van der Waals surface area contributed by atoms with Crippen molar-refractivity contribution in [1.82, 2.24) is 0 Å². The molecule has 21 heavy (non-hydrogen) atoms. The molecule has 0 atom stereocenters. The Morgan fingerprint density at radius 2 is 1.62 bits per heavy atom. The first-order chi connectivity index (χ1) is 9.97. The topological polar surface area (TPSA) is 37.3 Å². The van der Waals surface area contributed by atoms with Crippen LogP contribution in [0, 0.1) is 0 Å². The maximum Gasteiger partial charge on any atom is 0.336 e. The van der Waals surface area contributed by atoms with Gasteiger partial charge in [0.25, 0.3) is 0 Å². The second-order valence-electron chi connectivity index (χ2n) is 5.19. The first kappa shape index (κ1) is 15.3. The van der Waals surface area contributed by atoms with Crippen LogP contribution in [0.15, 0.2) is 48.5 Å². The molecule has 2 aromatic carbocycles. The van der Waals surface area contributed by atoms with Gasteiger partial charge >= 0.3 is 5.97 Å². The van der Waals surface area contributed by atoms with Crippen molar-refractivity contribution in [3.63, 3.8) is 0 Å². The highest BCUT2D eigenvalue weighted by molar-refractivity contribution is 6.30. The van der Waals surface area contributed by atoms with E-state index in [4.69, 9.17) is 11.6 Å². The lowest BCUT2D eigenvalue weighted by molar-refractivity contribution is -0.130. The van der Waals surface area contributed by atoms with E-state index in [0.717, 1.165) is 5.56 Å². The molecule has 2 nitrogen and oxygen atoms in total. The van der Waals surface area contributed by atoms with Crippen LogP contribution in [0.4, 0.5) is 0 Å². The van der Waals surface area contributed by atoms with Gasteiger partial charge in [0.1, 0.15) is 0 Å². The van der Waals surface area contributed by atoms with Gasteiger partial charge in [0, 0.05) is 5.02 Å². The molecule has 0 heterocycles. The number of rotatable bonds is 4. The van der Waals surface area contributed by atoms with Crippen LogP contribution in [0.1, 0.15) is 36.5 Å². The predicted octanol–water partition coefficient (Wildman–Crippen LogP) is 5.09. The number of benzene rings is 2. The minimum atomic E-state index is -0.953. The Labute approximate surface area is 129 Å². The smallest absolute Gasteiger partial charge is 0.336 e. The van der Waals surface area contributed by atoms with E-state index in [1.807, 2.05) is 24.3 Å². The van der Waals surface area contributed by atoms with Crippen LogP contribution in [-0.2, 0) is 4.79 Å². The first-order valence-electron chi connectivity index (χ1n) is 6.78. The third-order valence-corrected chi connectivity index (χ3v) is 3.55. The molecule has 0 fully saturated rings. The predicted molar refractivity (Wildman–Crippen MR) is 87.5 cm³/mol. The number of carbonyl (C=O) groups is 1. The van der Waals surface area contributed by atoms with Gasteiger partial charge in [0.15, 0.2) is 0 Å². The first-order valence-corrected chi connectivity index (χ1v) is 7.16. The van der Waals surface area contributed by atoms with Crippen molar-refractivity contribution in [3.05, 3.63) is 70.2 Å². The van der Waals surface area contributed by atoms with Gasteiger partial charge in [-0.05, 0) is 40.8 Å². The van der Waals surface area contributed by atoms with E-state index in [1.54, 1.807) is 30.3 Å². The molecule has 2 aromatic rings. The fourth-order valence-electron chi connectivity index (χ4n) is 2.04. The van der Waals surface area contributed by atoms with Gasteiger partial charge in [-0.2, -0.15) is 0 Å². The molecule has 0 unspecified atom stereocenters. The highest BCUT2D eigenvalue weighted by atomic mass is 35.5. The van der Waals surface area contributed by atoms with Crippen LogP contribution in [0.5, 0.6) is 0 Å². The molecule has 0 aliphatic heterocycles. The normalized spacial score (nSPS) is 11.7. The number of hydrogen-bond acceptors (Lipinski definition) is 1. The zero-order valence-corrected chi connectivity index (χ0v) is 12.8. The van der Waals surface area contributed by atoms with Crippen LogP contribution in [0.3, 0.4) is 0 Å². The zero-order chi connectivity index (χ0) is 15.4. The SMILES string of the molecule is CC(C)c1ccc(/C=C(\C(=O)O)c2ccc(Cl)cc2)cc1. The molecular formula is C18H17ClO2. The number of hydrogen-bond donors (Lipinski definition) is 1. The molecule has 0 saturated heterocycles. The van der Waals surface area contributed by atoms with Crippen molar-refractivity contribution < 1.29 is 9.90 Å². The van der Waals surface area contributed by atoms with Crippen LogP contribution < -0.4 is 0 Å². The van der Waals surface area contributed by atoms with Crippen LogP contribution in [-0.4, -0.2) is 11.1 Å². The summed E-state index contributed by atoms with van der Waals surface area (Å²) in [7, 11) is 0. The molecule has 0 amide bonds. The lowest BCUT2D eigenvalue weighted by Gasteiger charge is -2.06. The van der Waals surface area contributed by atoms with E-state index in [0.29, 0.717) is 16.5 Å². The van der Waals surface area contributed by atoms with E-state index in [2.05, 4.69) is 13.8 Å². The van der Waals surface area contributed by atoms with Crippen LogP contribution >= 0.6 is 11.6 Å². The second-order valence-corrected chi connectivity index (χ2v) is 5.63. The van der Waals surface area contributed by atoms with Gasteiger partial charge in [0.2, 0.25) is 0 Å². The van der Waals surface area contributed by atoms with E-state index in [1.165, 1.54) is 5.56 Å². The van der Waals surface area contributed by atoms with Gasteiger partial charge in [-0.25, -0.2) is 4.79 Å². The fourth-order valence-corrected chi connectivity index (χ4v) is 2.17. The highest BCUT2D eigenvalue weighted by Gasteiger charge is 2.10. The Balaban J connectivity index is 2.37. The van der Waals surface area contributed by atoms with Crippen molar-refractivity contribution in [2.24, 2.45) is 0 Å². The largest absolute Gasteiger partial charge is 0.478 e. The summed E-state index contributed by atoms with van der Waals surface area (Å²) in [5.41, 5.74) is 2.99. The summed E-state index contributed by atoms with van der Waals surface area (Å²) in [5.74, 6) is -0.497. The molecule has 0 aromatic heterocycles. The fraction of sp³-hybridized carbons (Fsp3) is 0.167. The van der Waals surface area contributed by atoms with Gasteiger partial charge in [-0.15, -0.1) is 0 Å². The van der Waals surface area contributed by atoms with Gasteiger partial charge in [-0.3, -0.25) is 0 Å². The summed E-state index contributed by atoms with van der Waals surface area (Å²) in [5, 5.41) is 9.99. The van der Waals surface area contributed by atoms with Gasteiger partial charge in [-0.1, -0.05) is 61.8 Å². The lowest BCUT2D eigenvalue weighted by atomic mass is 9.99. The minimum absolute atomic E-state index is 0.254. The zero-order valence-electron chi connectivity index (χ0n) is 12.0. The number of carboxylic acids is 1. The van der Waals surface area contributed by atoms with Crippen LogP contribution in [0.2, 0.25) is 5.02 Å². The standard InChI is InChI=1S/C18H17ClO2/c1-12(2)14-5-3-13(4-6-14)11-17(18(20)21)15-7-9-16(19)10-8-15/h3-12H,1-2H3,(H,20,21)/b17-11-. The van der Waals surface area contributed by atoms with Gasteiger partial charge < -0.3 is 5.11 Å². The maximum atomic E-state index is 11.5. The van der Waals surface area contributed by atoms with Crippen molar-refractivity contribution >= 4 is 29.2 Å².